The van der Waals surface area contributed by atoms with Crippen LogP contribution >= 0.6 is 0 Å². The fourth-order valence-corrected chi connectivity index (χ4v) is 5.67. The number of carbonyl (C=O) groups excluding carboxylic acids is 1. The van der Waals surface area contributed by atoms with Crippen LogP contribution in [0.25, 0.3) is 0 Å². The van der Waals surface area contributed by atoms with Gasteiger partial charge in [0.25, 0.3) is 0 Å². The van der Waals surface area contributed by atoms with E-state index in [0.29, 0.717) is 26.2 Å². The van der Waals surface area contributed by atoms with E-state index in [1.807, 2.05) is 19.1 Å². The quantitative estimate of drug-likeness (QED) is 0.116. The van der Waals surface area contributed by atoms with Crippen molar-refractivity contribution in [2.75, 3.05) is 26.8 Å². The molecule has 1 aliphatic carbocycles. The maximum Gasteiger partial charge on any atom is 0.305 e. The molecule has 1 aliphatic rings. The van der Waals surface area contributed by atoms with Crippen molar-refractivity contribution in [3.05, 3.63) is 71.8 Å². The first-order valence-corrected chi connectivity index (χ1v) is 15.9. The number of hydrogen-bond acceptors (Lipinski definition) is 6. The van der Waals surface area contributed by atoms with Crippen molar-refractivity contribution < 1.29 is 23.7 Å². The SMILES string of the molecule is CCCCCCCO[C@@H]1[C@@H](N(C)CCCCCC(=O)OCC)[C@H](OCc2ccccc2)C[C@@H]1OCc1ccccc1. The fraction of sp³-hybridized carbons (Fsp3) is 0.629. The zero-order valence-corrected chi connectivity index (χ0v) is 25.7. The Morgan fingerprint density at radius 2 is 1.37 bits per heavy atom. The average molecular weight is 568 g/mol. The highest BCUT2D eigenvalue weighted by Gasteiger charge is 2.47. The van der Waals surface area contributed by atoms with E-state index in [0.717, 1.165) is 45.3 Å². The number of esters is 1. The summed E-state index contributed by atoms with van der Waals surface area (Å²) in [6.07, 6.45) is 10.1. The van der Waals surface area contributed by atoms with Crippen molar-refractivity contribution >= 4 is 5.97 Å². The second-order valence-corrected chi connectivity index (χ2v) is 11.2. The van der Waals surface area contributed by atoms with E-state index in [4.69, 9.17) is 18.9 Å². The molecular formula is C35H53NO5. The van der Waals surface area contributed by atoms with Crippen LogP contribution in [0.5, 0.6) is 0 Å². The van der Waals surface area contributed by atoms with Gasteiger partial charge in [0.15, 0.2) is 0 Å². The summed E-state index contributed by atoms with van der Waals surface area (Å²) in [6.45, 7) is 7.35. The van der Waals surface area contributed by atoms with Crippen LogP contribution in [0, 0.1) is 0 Å². The van der Waals surface area contributed by atoms with Gasteiger partial charge in [0.05, 0.1) is 38.1 Å². The highest BCUT2D eigenvalue weighted by Crippen LogP contribution is 2.33. The van der Waals surface area contributed by atoms with Crippen LogP contribution in [0.15, 0.2) is 60.7 Å². The Kier molecular flexibility index (Phi) is 16.1. The number of ether oxygens (including phenoxy) is 4. The predicted molar refractivity (Wildman–Crippen MR) is 165 cm³/mol. The molecule has 0 bridgehead atoms. The third-order valence-electron chi connectivity index (χ3n) is 7.93. The summed E-state index contributed by atoms with van der Waals surface area (Å²) < 4.78 is 24.9. The summed E-state index contributed by atoms with van der Waals surface area (Å²) in [5.74, 6) is -0.100. The van der Waals surface area contributed by atoms with Crippen LogP contribution in [-0.4, -0.2) is 62.0 Å². The van der Waals surface area contributed by atoms with E-state index in [1.54, 1.807) is 0 Å². The van der Waals surface area contributed by atoms with E-state index in [-0.39, 0.29) is 30.3 Å². The van der Waals surface area contributed by atoms with Crippen molar-refractivity contribution in [2.24, 2.45) is 0 Å². The first kappa shape index (κ1) is 33.3. The monoisotopic (exact) mass is 567 g/mol. The first-order valence-electron chi connectivity index (χ1n) is 15.9. The van der Waals surface area contributed by atoms with E-state index < -0.39 is 0 Å². The van der Waals surface area contributed by atoms with Gasteiger partial charge in [0.2, 0.25) is 0 Å². The molecular weight excluding hydrogens is 514 g/mol. The Balaban J connectivity index is 1.66. The molecule has 2 aromatic carbocycles. The summed E-state index contributed by atoms with van der Waals surface area (Å²) >= 11 is 0. The molecule has 2 aromatic rings. The van der Waals surface area contributed by atoms with Crippen LogP contribution in [0.4, 0.5) is 0 Å². The van der Waals surface area contributed by atoms with Gasteiger partial charge in [0, 0.05) is 19.4 Å². The van der Waals surface area contributed by atoms with Crippen LogP contribution in [0.2, 0.25) is 0 Å². The molecule has 1 fully saturated rings. The summed E-state index contributed by atoms with van der Waals surface area (Å²) in [4.78, 5) is 14.1. The molecule has 1 saturated carbocycles. The average Bonchev–Trinajstić information content (AvgIpc) is 3.35. The lowest BCUT2D eigenvalue weighted by Gasteiger charge is -2.34. The lowest BCUT2D eigenvalue weighted by molar-refractivity contribution is -0.143. The van der Waals surface area contributed by atoms with Crippen molar-refractivity contribution in [1.82, 2.24) is 4.90 Å². The molecule has 41 heavy (non-hydrogen) atoms. The van der Waals surface area contributed by atoms with Crippen molar-refractivity contribution in [1.29, 1.82) is 0 Å². The molecule has 0 heterocycles. The Bertz CT molecular complexity index is 940. The summed E-state index contributed by atoms with van der Waals surface area (Å²) in [7, 11) is 2.19. The zero-order valence-electron chi connectivity index (χ0n) is 25.7. The molecule has 0 aliphatic heterocycles. The molecule has 6 nitrogen and oxygen atoms in total. The third kappa shape index (κ3) is 12.3. The van der Waals surface area contributed by atoms with E-state index in [1.165, 1.54) is 36.8 Å². The smallest absolute Gasteiger partial charge is 0.305 e. The Hall–Kier alpha value is -2.25. The standard InChI is InChI=1S/C35H53NO5/c1-4-6-7-8-18-25-39-35-32(41-28-30-21-14-10-15-22-30)26-31(40-27-29-19-12-9-13-20-29)34(35)36(3)24-17-11-16-23-33(37)38-5-2/h9-10,12-15,19-22,31-32,34-35H,4-8,11,16-18,23-28H2,1-3H3/t31-,32+,34+,35+/m1/s1. The lowest BCUT2D eigenvalue weighted by atomic mass is 10.1. The van der Waals surface area contributed by atoms with E-state index in [2.05, 4.69) is 67.4 Å². The van der Waals surface area contributed by atoms with Crippen molar-refractivity contribution in [2.45, 2.75) is 116 Å². The summed E-state index contributed by atoms with van der Waals surface area (Å²) in [6, 6.07) is 20.9. The number of rotatable bonds is 21. The highest BCUT2D eigenvalue weighted by molar-refractivity contribution is 5.69. The van der Waals surface area contributed by atoms with Crippen LogP contribution in [0.1, 0.15) is 89.2 Å². The lowest BCUT2D eigenvalue weighted by Crippen LogP contribution is -2.48. The number of unbranched alkanes of at least 4 members (excludes halogenated alkanes) is 6. The van der Waals surface area contributed by atoms with Gasteiger partial charge in [-0.15, -0.1) is 0 Å². The van der Waals surface area contributed by atoms with Gasteiger partial charge in [-0.05, 0) is 50.9 Å². The normalized spacial score (nSPS) is 20.5. The van der Waals surface area contributed by atoms with E-state index >= 15 is 0 Å². The van der Waals surface area contributed by atoms with Gasteiger partial charge in [-0.2, -0.15) is 0 Å². The molecule has 228 valence electrons. The molecule has 6 heteroatoms. The van der Waals surface area contributed by atoms with Gasteiger partial charge in [0.1, 0.15) is 6.10 Å². The first-order chi connectivity index (χ1) is 20.1. The largest absolute Gasteiger partial charge is 0.466 e. The van der Waals surface area contributed by atoms with Crippen LogP contribution in [-0.2, 0) is 37.0 Å². The van der Waals surface area contributed by atoms with Gasteiger partial charge < -0.3 is 18.9 Å². The fourth-order valence-electron chi connectivity index (χ4n) is 5.67. The molecule has 0 spiro atoms. The molecule has 3 rings (SSSR count). The van der Waals surface area contributed by atoms with Crippen LogP contribution in [0.3, 0.4) is 0 Å². The number of benzene rings is 2. The maximum absolute atomic E-state index is 11.7. The molecule has 0 unspecified atom stereocenters. The minimum Gasteiger partial charge on any atom is -0.466 e. The maximum atomic E-state index is 11.7. The number of carbonyl (C=O) groups is 1. The van der Waals surface area contributed by atoms with E-state index in [9.17, 15) is 4.79 Å². The molecule has 4 atom stereocenters. The molecule has 0 N–H and O–H groups in total. The zero-order chi connectivity index (χ0) is 29.1. The Labute approximate surface area is 248 Å². The minimum atomic E-state index is -0.100. The van der Waals surface area contributed by atoms with Gasteiger partial charge in [-0.1, -0.05) is 99.7 Å². The molecule has 0 amide bonds. The Morgan fingerprint density at radius 1 is 0.756 bits per heavy atom. The number of likely N-dealkylation sites (N-methyl/N-ethyl adjacent to an activating group) is 1. The number of nitrogens with zero attached hydrogens (tertiary/aromatic N) is 1. The summed E-state index contributed by atoms with van der Waals surface area (Å²) in [5.41, 5.74) is 2.35. The molecule has 0 aromatic heterocycles. The second kappa shape index (κ2) is 19.8. The van der Waals surface area contributed by atoms with Gasteiger partial charge in [-0.3, -0.25) is 9.69 Å². The van der Waals surface area contributed by atoms with Crippen LogP contribution < -0.4 is 0 Å². The second-order valence-electron chi connectivity index (χ2n) is 11.2. The molecule has 0 saturated heterocycles. The molecule has 0 radical (unpaired) electrons. The topological polar surface area (TPSA) is 57.2 Å². The third-order valence-corrected chi connectivity index (χ3v) is 7.93. The van der Waals surface area contributed by atoms with Gasteiger partial charge >= 0.3 is 5.97 Å². The Morgan fingerprint density at radius 3 is 2.00 bits per heavy atom. The summed E-state index contributed by atoms with van der Waals surface area (Å²) in [5, 5.41) is 0. The minimum absolute atomic E-state index is 0.00519. The highest BCUT2D eigenvalue weighted by atomic mass is 16.6. The van der Waals surface area contributed by atoms with Crippen molar-refractivity contribution in [3.63, 3.8) is 0 Å². The number of hydrogen-bond donors (Lipinski definition) is 0. The van der Waals surface area contributed by atoms with Crippen molar-refractivity contribution in [3.8, 4) is 0 Å². The van der Waals surface area contributed by atoms with Gasteiger partial charge in [-0.25, -0.2) is 0 Å². The predicted octanol–water partition coefficient (Wildman–Crippen LogP) is 7.34.